The molecule has 0 saturated carbocycles. The van der Waals surface area contributed by atoms with Gasteiger partial charge in [-0.05, 0) is 43.5 Å². The number of aromatic nitrogens is 2. The number of aromatic amines is 1. The minimum Gasteiger partial charge on any atom is -0.493 e. The number of aliphatic imine (C=N–C) groups is 1. The molecule has 0 bridgehead atoms. The van der Waals surface area contributed by atoms with Gasteiger partial charge in [0.25, 0.3) is 0 Å². The molecule has 1 atom stereocenters. The fourth-order valence-corrected chi connectivity index (χ4v) is 3.85. The maximum Gasteiger partial charge on any atom is 0.191 e. The number of para-hydroxylation sites is 2. The summed E-state index contributed by atoms with van der Waals surface area (Å²) in [6.07, 6.45) is 2.92. The van der Waals surface area contributed by atoms with Crippen molar-refractivity contribution >= 4 is 41.0 Å². The van der Waals surface area contributed by atoms with Gasteiger partial charge in [-0.3, -0.25) is 4.99 Å². The molecule has 8 heteroatoms. The van der Waals surface area contributed by atoms with Crippen molar-refractivity contribution in [2.45, 2.75) is 32.7 Å². The molecule has 1 aliphatic heterocycles. The second-order valence-electron chi connectivity index (χ2n) is 8.31. The lowest BCUT2D eigenvalue weighted by Crippen LogP contribution is -2.37. The lowest BCUT2D eigenvalue weighted by molar-refractivity contribution is 0.166. The Morgan fingerprint density at radius 1 is 1.24 bits per heavy atom. The Balaban J connectivity index is 0.00000306. The van der Waals surface area contributed by atoms with Gasteiger partial charge in [0.2, 0.25) is 0 Å². The predicted molar refractivity (Wildman–Crippen MR) is 144 cm³/mol. The summed E-state index contributed by atoms with van der Waals surface area (Å²) in [5, 5.41) is 6.80. The van der Waals surface area contributed by atoms with E-state index in [1.807, 2.05) is 18.2 Å². The van der Waals surface area contributed by atoms with Crippen molar-refractivity contribution in [3.8, 4) is 5.75 Å². The molecule has 0 amide bonds. The van der Waals surface area contributed by atoms with Gasteiger partial charge >= 0.3 is 0 Å². The van der Waals surface area contributed by atoms with Gasteiger partial charge in [0.15, 0.2) is 5.96 Å². The Hall–Kier alpha value is -2.33. The van der Waals surface area contributed by atoms with Gasteiger partial charge in [-0.2, -0.15) is 0 Å². The minimum atomic E-state index is 0. The van der Waals surface area contributed by atoms with E-state index in [0.29, 0.717) is 19.1 Å². The quantitative estimate of drug-likeness (QED) is 0.157. The van der Waals surface area contributed by atoms with Crippen molar-refractivity contribution in [1.82, 2.24) is 20.6 Å². The van der Waals surface area contributed by atoms with E-state index in [1.165, 1.54) is 5.56 Å². The Morgan fingerprint density at radius 3 is 2.91 bits per heavy atom. The van der Waals surface area contributed by atoms with Crippen LogP contribution in [0.5, 0.6) is 5.75 Å². The summed E-state index contributed by atoms with van der Waals surface area (Å²) < 4.78 is 11.6. The number of ether oxygens (including phenoxy) is 2. The van der Waals surface area contributed by atoms with Crippen LogP contribution in [-0.2, 0) is 17.7 Å². The van der Waals surface area contributed by atoms with Gasteiger partial charge in [-0.25, -0.2) is 4.98 Å². The second kappa shape index (κ2) is 12.8. The van der Waals surface area contributed by atoms with Gasteiger partial charge in [-0.15, -0.1) is 24.0 Å². The van der Waals surface area contributed by atoms with Crippen molar-refractivity contribution < 1.29 is 9.47 Å². The van der Waals surface area contributed by atoms with E-state index in [9.17, 15) is 0 Å². The van der Waals surface area contributed by atoms with E-state index < -0.39 is 0 Å². The third kappa shape index (κ3) is 7.33. The SMILES string of the molecule is CN=C(NCCCc1nc2ccccc2[nH]1)NCc1ccc(C)cc1OCC1CCOC1.I. The highest BCUT2D eigenvalue weighted by atomic mass is 127. The number of fused-ring (bicyclic) bond motifs is 1. The topological polar surface area (TPSA) is 83.6 Å². The largest absolute Gasteiger partial charge is 0.493 e. The zero-order chi connectivity index (χ0) is 22.2. The monoisotopic (exact) mass is 563 g/mol. The van der Waals surface area contributed by atoms with Crippen LogP contribution in [0.3, 0.4) is 0 Å². The van der Waals surface area contributed by atoms with Gasteiger partial charge in [0.1, 0.15) is 11.6 Å². The first-order chi connectivity index (χ1) is 15.7. The highest BCUT2D eigenvalue weighted by molar-refractivity contribution is 14.0. The summed E-state index contributed by atoms with van der Waals surface area (Å²) in [6.45, 7) is 5.89. The first-order valence-corrected chi connectivity index (χ1v) is 11.4. The number of aryl methyl sites for hydroxylation is 2. The Bertz CT molecular complexity index is 1010. The number of nitrogens with one attached hydrogen (secondary N) is 3. The lowest BCUT2D eigenvalue weighted by Gasteiger charge is -2.17. The first-order valence-electron chi connectivity index (χ1n) is 11.4. The molecule has 4 rings (SSSR count). The van der Waals surface area contributed by atoms with Crippen LogP contribution in [0.4, 0.5) is 0 Å². The van der Waals surface area contributed by atoms with Crippen LogP contribution in [0.25, 0.3) is 11.0 Å². The second-order valence-corrected chi connectivity index (χ2v) is 8.31. The van der Waals surface area contributed by atoms with Crippen molar-refractivity contribution in [3.05, 3.63) is 59.4 Å². The zero-order valence-corrected chi connectivity index (χ0v) is 21.7. The number of hydrogen-bond acceptors (Lipinski definition) is 4. The molecule has 178 valence electrons. The fourth-order valence-electron chi connectivity index (χ4n) is 3.85. The molecular formula is C25H34IN5O2. The number of halogens is 1. The molecule has 0 spiro atoms. The van der Waals surface area contributed by atoms with Gasteiger partial charge in [0.05, 0.1) is 24.2 Å². The lowest BCUT2D eigenvalue weighted by atomic mass is 10.1. The van der Waals surface area contributed by atoms with Gasteiger partial charge in [0, 0.05) is 44.6 Å². The maximum absolute atomic E-state index is 6.15. The molecule has 2 aromatic carbocycles. The molecule has 1 unspecified atom stereocenters. The highest BCUT2D eigenvalue weighted by Gasteiger charge is 2.17. The number of H-pyrrole nitrogens is 1. The smallest absolute Gasteiger partial charge is 0.191 e. The Labute approximate surface area is 212 Å². The van der Waals surface area contributed by atoms with Crippen LogP contribution < -0.4 is 15.4 Å². The normalized spacial score (nSPS) is 15.9. The highest BCUT2D eigenvalue weighted by Crippen LogP contribution is 2.22. The predicted octanol–water partition coefficient (Wildman–Crippen LogP) is 4.20. The number of hydrogen-bond donors (Lipinski definition) is 3. The maximum atomic E-state index is 6.15. The van der Waals surface area contributed by atoms with Crippen LogP contribution in [0.1, 0.15) is 29.8 Å². The van der Waals surface area contributed by atoms with Crippen LogP contribution >= 0.6 is 24.0 Å². The standard InChI is InChI=1S/C25H33N5O2.HI/c1-18-9-10-20(23(14-18)32-17-19-11-13-31-16-19)15-28-25(26-2)27-12-5-8-24-29-21-6-3-4-7-22(21)30-24;/h3-4,6-7,9-10,14,19H,5,8,11-13,15-17H2,1-2H3,(H,29,30)(H2,26,27,28);1H. The van der Waals surface area contributed by atoms with E-state index in [-0.39, 0.29) is 24.0 Å². The third-order valence-electron chi connectivity index (χ3n) is 5.71. The number of nitrogens with zero attached hydrogens (tertiary/aromatic N) is 2. The molecule has 7 nitrogen and oxygen atoms in total. The third-order valence-corrected chi connectivity index (χ3v) is 5.71. The number of benzene rings is 2. The van der Waals surface area contributed by atoms with Crippen molar-refractivity contribution in [3.63, 3.8) is 0 Å². The molecule has 1 aliphatic rings. The van der Waals surface area contributed by atoms with Gasteiger partial charge < -0.3 is 25.1 Å². The van der Waals surface area contributed by atoms with E-state index in [0.717, 1.165) is 73.2 Å². The number of imidazole rings is 1. The summed E-state index contributed by atoms with van der Waals surface area (Å²) in [5.41, 5.74) is 4.42. The van der Waals surface area contributed by atoms with E-state index in [2.05, 4.69) is 56.8 Å². The zero-order valence-electron chi connectivity index (χ0n) is 19.4. The summed E-state index contributed by atoms with van der Waals surface area (Å²) in [6, 6.07) is 14.5. The molecule has 2 heterocycles. The summed E-state index contributed by atoms with van der Waals surface area (Å²) >= 11 is 0. The minimum absolute atomic E-state index is 0. The molecule has 1 saturated heterocycles. The molecule has 0 radical (unpaired) electrons. The summed E-state index contributed by atoms with van der Waals surface area (Å²) in [5.74, 6) is 3.22. The molecule has 1 fully saturated rings. The summed E-state index contributed by atoms with van der Waals surface area (Å²) in [7, 11) is 1.79. The Kier molecular flexibility index (Phi) is 9.80. The van der Waals surface area contributed by atoms with Crippen LogP contribution in [0.15, 0.2) is 47.5 Å². The average Bonchev–Trinajstić information content (AvgIpc) is 3.47. The molecule has 33 heavy (non-hydrogen) atoms. The van der Waals surface area contributed by atoms with E-state index >= 15 is 0 Å². The van der Waals surface area contributed by atoms with Crippen LogP contribution in [-0.4, -0.2) is 49.3 Å². The van der Waals surface area contributed by atoms with E-state index in [4.69, 9.17) is 9.47 Å². The number of rotatable bonds is 9. The van der Waals surface area contributed by atoms with Crippen molar-refractivity contribution in [2.75, 3.05) is 33.4 Å². The van der Waals surface area contributed by atoms with Crippen molar-refractivity contribution in [1.29, 1.82) is 0 Å². The molecule has 0 aliphatic carbocycles. The number of guanidine groups is 1. The van der Waals surface area contributed by atoms with Crippen LogP contribution in [0, 0.1) is 12.8 Å². The molecule has 1 aromatic heterocycles. The molecule has 3 N–H and O–H groups in total. The average molecular weight is 563 g/mol. The molecular weight excluding hydrogens is 529 g/mol. The summed E-state index contributed by atoms with van der Waals surface area (Å²) in [4.78, 5) is 12.4. The van der Waals surface area contributed by atoms with Crippen molar-refractivity contribution in [2.24, 2.45) is 10.9 Å². The molecule has 3 aromatic rings. The van der Waals surface area contributed by atoms with E-state index in [1.54, 1.807) is 7.05 Å². The first kappa shape index (κ1) is 25.3. The Morgan fingerprint density at radius 2 is 2.12 bits per heavy atom. The van der Waals surface area contributed by atoms with Gasteiger partial charge in [-0.1, -0.05) is 24.3 Å². The fraction of sp³-hybridized carbons (Fsp3) is 0.440. The van der Waals surface area contributed by atoms with Crippen LogP contribution in [0.2, 0.25) is 0 Å².